The molecule has 0 amide bonds. The smallest absolute Gasteiger partial charge is 0.193 e. The van der Waals surface area contributed by atoms with Crippen LogP contribution in [0.15, 0.2) is 29.3 Å². The van der Waals surface area contributed by atoms with Crippen molar-refractivity contribution in [1.29, 1.82) is 0 Å². The van der Waals surface area contributed by atoms with Gasteiger partial charge >= 0.3 is 0 Å². The number of hydrogen-bond acceptors (Lipinski definition) is 3. The van der Waals surface area contributed by atoms with Crippen molar-refractivity contribution in [1.82, 2.24) is 15.1 Å². The van der Waals surface area contributed by atoms with E-state index >= 15 is 0 Å². The average molecular weight is 484 g/mol. The van der Waals surface area contributed by atoms with E-state index < -0.39 is 0 Å². The number of ether oxygens (including phenoxy) is 1. The van der Waals surface area contributed by atoms with E-state index in [1.54, 1.807) is 0 Å². The van der Waals surface area contributed by atoms with Gasteiger partial charge in [-0.2, -0.15) is 0 Å². The normalized spacial score (nSPS) is 26.0. The van der Waals surface area contributed by atoms with Crippen LogP contribution in [0.4, 0.5) is 0 Å². The first-order chi connectivity index (χ1) is 12.8. The third-order valence-electron chi connectivity index (χ3n) is 6.19. The fourth-order valence-electron chi connectivity index (χ4n) is 4.64. The molecule has 1 aromatic carbocycles. The molecule has 6 heteroatoms. The molecule has 3 aliphatic rings. The number of piperazine rings is 1. The van der Waals surface area contributed by atoms with E-state index in [2.05, 4.69) is 44.4 Å². The van der Waals surface area contributed by atoms with Crippen molar-refractivity contribution in [3.63, 3.8) is 0 Å². The van der Waals surface area contributed by atoms with Crippen molar-refractivity contribution in [3.8, 4) is 0 Å². The van der Waals surface area contributed by atoms with Crippen LogP contribution in [-0.4, -0.2) is 75.3 Å². The van der Waals surface area contributed by atoms with Gasteiger partial charge < -0.3 is 15.0 Å². The van der Waals surface area contributed by atoms with Crippen LogP contribution in [0.25, 0.3) is 0 Å². The Morgan fingerprint density at radius 2 is 2.00 bits per heavy atom. The van der Waals surface area contributed by atoms with Crippen LogP contribution in [0.5, 0.6) is 0 Å². The first kappa shape index (κ1) is 20.9. The second-order valence-electron chi connectivity index (χ2n) is 7.88. The predicted octanol–water partition coefficient (Wildman–Crippen LogP) is 2.56. The van der Waals surface area contributed by atoms with E-state index in [1.165, 1.54) is 36.9 Å². The van der Waals surface area contributed by atoms with Crippen LogP contribution >= 0.6 is 24.0 Å². The number of nitrogens with one attached hydrogen (secondary N) is 1. The van der Waals surface area contributed by atoms with Gasteiger partial charge in [-0.05, 0) is 36.3 Å². The molecular formula is C21H33IN4O. The number of guanidine groups is 1. The van der Waals surface area contributed by atoms with Crippen molar-refractivity contribution >= 4 is 29.9 Å². The molecule has 1 N–H and O–H groups in total. The van der Waals surface area contributed by atoms with Crippen LogP contribution in [0.2, 0.25) is 0 Å². The van der Waals surface area contributed by atoms with Crippen molar-refractivity contribution < 1.29 is 4.74 Å². The highest BCUT2D eigenvalue weighted by molar-refractivity contribution is 14.0. The Hall–Kier alpha value is -0.860. The number of fused-ring (bicyclic) bond motifs is 1. The molecule has 150 valence electrons. The zero-order valence-electron chi connectivity index (χ0n) is 16.4. The van der Waals surface area contributed by atoms with Crippen LogP contribution in [0.1, 0.15) is 29.9 Å². The molecule has 1 aliphatic carbocycles. The van der Waals surface area contributed by atoms with E-state index in [-0.39, 0.29) is 24.0 Å². The Kier molecular flexibility index (Phi) is 7.78. The van der Waals surface area contributed by atoms with E-state index in [0.717, 1.165) is 57.8 Å². The van der Waals surface area contributed by atoms with E-state index in [9.17, 15) is 0 Å². The number of rotatable bonds is 4. The minimum atomic E-state index is 0. The molecular weight excluding hydrogens is 451 g/mol. The van der Waals surface area contributed by atoms with Gasteiger partial charge in [0.15, 0.2) is 5.96 Å². The molecule has 2 atom stereocenters. The van der Waals surface area contributed by atoms with E-state index in [4.69, 9.17) is 4.74 Å². The molecule has 0 bridgehead atoms. The van der Waals surface area contributed by atoms with E-state index in [1.807, 2.05) is 7.05 Å². The van der Waals surface area contributed by atoms with Crippen LogP contribution in [0, 0.1) is 5.92 Å². The zero-order valence-corrected chi connectivity index (χ0v) is 18.7. The van der Waals surface area contributed by atoms with Gasteiger partial charge in [-0.1, -0.05) is 24.3 Å². The number of benzene rings is 1. The summed E-state index contributed by atoms with van der Waals surface area (Å²) in [6, 6.07) is 8.90. The summed E-state index contributed by atoms with van der Waals surface area (Å²) in [6.45, 7) is 8.47. The Balaban J connectivity index is 0.00000210. The van der Waals surface area contributed by atoms with Gasteiger partial charge in [0.1, 0.15) is 0 Å². The molecule has 2 fully saturated rings. The molecule has 2 heterocycles. The first-order valence-corrected chi connectivity index (χ1v) is 10.2. The minimum Gasteiger partial charge on any atom is -0.381 e. The predicted molar refractivity (Wildman–Crippen MR) is 121 cm³/mol. The summed E-state index contributed by atoms with van der Waals surface area (Å²) in [7, 11) is 1.91. The topological polar surface area (TPSA) is 40.1 Å². The Morgan fingerprint density at radius 1 is 1.19 bits per heavy atom. The fourth-order valence-corrected chi connectivity index (χ4v) is 4.64. The lowest BCUT2D eigenvalue weighted by molar-refractivity contribution is 0.139. The van der Waals surface area contributed by atoms with Gasteiger partial charge in [-0.3, -0.25) is 9.89 Å². The molecule has 4 rings (SSSR count). The van der Waals surface area contributed by atoms with Gasteiger partial charge in [-0.25, -0.2) is 0 Å². The molecule has 0 aromatic heterocycles. The Labute approximate surface area is 180 Å². The highest BCUT2D eigenvalue weighted by atomic mass is 127. The van der Waals surface area contributed by atoms with Crippen molar-refractivity contribution in [2.75, 3.05) is 59.5 Å². The second kappa shape index (κ2) is 10.1. The maximum atomic E-state index is 5.51. The molecule has 27 heavy (non-hydrogen) atoms. The number of aliphatic imine (C=N–C) groups is 1. The molecule has 2 unspecified atom stereocenters. The van der Waals surface area contributed by atoms with Gasteiger partial charge in [0, 0.05) is 58.8 Å². The van der Waals surface area contributed by atoms with Crippen molar-refractivity contribution in [2.45, 2.75) is 25.2 Å². The quantitative estimate of drug-likeness (QED) is 0.405. The maximum absolute atomic E-state index is 5.51. The summed E-state index contributed by atoms with van der Waals surface area (Å²) >= 11 is 0. The third kappa shape index (κ3) is 5.15. The van der Waals surface area contributed by atoms with Crippen molar-refractivity contribution in [3.05, 3.63) is 35.4 Å². The average Bonchev–Trinajstić information content (AvgIpc) is 3.33. The molecule has 5 nitrogen and oxygen atoms in total. The monoisotopic (exact) mass is 484 g/mol. The summed E-state index contributed by atoms with van der Waals surface area (Å²) in [5.74, 6) is 2.42. The van der Waals surface area contributed by atoms with Crippen LogP contribution < -0.4 is 5.32 Å². The van der Waals surface area contributed by atoms with Crippen LogP contribution in [-0.2, 0) is 11.2 Å². The highest BCUT2D eigenvalue weighted by Gasteiger charge is 2.25. The maximum Gasteiger partial charge on any atom is 0.193 e. The molecule has 0 saturated carbocycles. The van der Waals surface area contributed by atoms with Gasteiger partial charge in [0.05, 0.1) is 6.61 Å². The molecule has 2 saturated heterocycles. The van der Waals surface area contributed by atoms with Crippen molar-refractivity contribution in [2.24, 2.45) is 10.9 Å². The standard InChI is InChI=1S/C21H32N4O.HI/c1-22-21(23-14-19-7-6-18-4-2-3-5-20(18)19)25-11-9-24(10-12-25)15-17-8-13-26-16-17;/h2-5,17,19H,6-16H2,1H3,(H,22,23);1H. The lowest BCUT2D eigenvalue weighted by Gasteiger charge is -2.37. The summed E-state index contributed by atoms with van der Waals surface area (Å²) in [5.41, 5.74) is 3.05. The molecule has 2 aliphatic heterocycles. The fraction of sp³-hybridized carbons (Fsp3) is 0.667. The lowest BCUT2D eigenvalue weighted by atomic mass is 10.0. The Bertz CT molecular complexity index is 624. The SMILES string of the molecule is CN=C(NCC1CCc2ccccc21)N1CCN(CC2CCOC2)CC1.I. The molecule has 0 spiro atoms. The number of nitrogens with zero attached hydrogens (tertiary/aromatic N) is 3. The van der Waals surface area contributed by atoms with Gasteiger partial charge in [0.25, 0.3) is 0 Å². The minimum absolute atomic E-state index is 0. The largest absolute Gasteiger partial charge is 0.381 e. The number of halogens is 1. The summed E-state index contributed by atoms with van der Waals surface area (Å²) in [5, 5.41) is 3.65. The summed E-state index contributed by atoms with van der Waals surface area (Å²) in [6.07, 6.45) is 3.69. The molecule has 0 radical (unpaired) electrons. The lowest BCUT2D eigenvalue weighted by Crippen LogP contribution is -2.53. The summed E-state index contributed by atoms with van der Waals surface area (Å²) in [4.78, 5) is 9.56. The number of aryl methyl sites for hydroxylation is 1. The third-order valence-corrected chi connectivity index (χ3v) is 6.19. The number of hydrogen-bond donors (Lipinski definition) is 1. The van der Waals surface area contributed by atoms with E-state index in [0.29, 0.717) is 5.92 Å². The highest BCUT2D eigenvalue weighted by Crippen LogP contribution is 2.32. The van der Waals surface area contributed by atoms with Crippen LogP contribution in [0.3, 0.4) is 0 Å². The Morgan fingerprint density at radius 3 is 2.74 bits per heavy atom. The first-order valence-electron chi connectivity index (χ1n) is 10.2. The van der Waals surface area contributed by atoms with Gasteiger partial charge in [-0.15, -0.1) is 24.0 Å². The van der Waals surface area contributed by atoms with Gasteiger partial charge in [0.2, 0.25) is 0 Å². The second-order valence-corrected chi connectivity index (χ2v) is 7.88. The molecule has 1 aromatic rings. The zero-order chi connectivity index (χ0) is 17.8. The summed E-state index contributed by atoms with van der Waals surface area (Å²) < 4.78 is 5.51.